The van der Waals surface area contributed by atoms with E-state index in [-0.39, 0.29) is 17.3 Å². The van der Waals surface area contributed by atoms with Crippen molar-refractivity contribution in [3.63, 3.8) is 0 Å². The Bertz CT molecular complexity index is 405. The molecule has 0 radical (unpaired) electrons. The summed E-state index contributed by atoms with van der Waals surface area (Å²) < 4.78 is 13.4. The Hall–Kier alpha value is -1.58. The highest BCUT2D eigenvalue weighted by atomic mass is 19.1. The van der Waals surface area contributed by atoms with E-state index in [2.05, 4.69) is 10.3 Å². The third-order valence-electron chi connectivity index (χ3n) is 1.84. The molecule has 3 N–H and O–H groups in total. The zero-order chi connectivity index (χ0) is 12.3. The third-order valence-corrected chi connectivity index (χ3v) is 1.84. The largest absolute Gasteiger partial charge is 0.370 e. The number of guanidine groups is 1. The first-order valence-corrected chi connectivity index (χ1v) is 5.16. The number of halogens is 1. The van der Waals surface area contributed by atoms with Crippen LogP contribution in [0.5, 0.6) is 0 Å². The van der Waals surface area contributed by atoms with Gasteiger partial charge in [-0.2, -0.15) is 0 Å². The molecule has 1 rings (SSSR count). The van der Waals surface area contributed by atoms with Crippen molar-refractivity contribution < 1.29 is 4.39 Å². The molecule has 0 heterocycles. The number of nitrogens with zero attached hydrogens (tertiary/aromatic N) is 1. The van der Waals surface area contributed by atoms with E-state index >= 15 is 0 Å². The van der Waals surface area contributed by atoms with Crippen LogP contribution in [-0.4, -0.2) is 11.5 Å². The normalized spacial score (nSPS) is 12.7. The Kier molecular flexibility index (Phi) is 3.52. The van der Waals surface area contributed by atoms with Gasteiger partial charge in [-0.3, -0.25) is 0 Å². The molecule has 4 heteroatoms. The van der Waals surface area contributed by atoms with E-state index in [9.17, 15) is 4.39 Å². The maximum atomic E-state index is 13.4. The first kappa shape index (κ1) is 12.5. The summed E-state index contributed by atoms with van der Waals surface area (Å²) in [4.78, 5) is 4.19. The van der Waals surface area contributed by atoms with Crippen LogP contribution in [0, 0.1) is 12.7 Å². The van der Waals surface area contributed by atoms with Crippen LogP contribution in [0.15, 0.2) is 23.2 Å². The fourth-order valence-corrected chi connectivity index (χ4v) is 1.26. The first-order chi connectivity index (χ1) is 7.28. The minimum atomic E-state index is -0.336. The smallest absolute Gasteiger partial charge is 0.193 e. The van der Waals surface area contributed by atoms with E-state index in [1.165, 1.54) is 6.07 Å². The van der Waals surface area contributed by atoms with Crippen molar-refractivity contribution in [2.24, 2.45) is 10.7 Å². The van der Waals surface area contributed by atoms with Gasteiger partial charge in [0.15, 0.2) is 5.96 Å². The van der Waals surface area contributed by atoms with E-state index in [4.69, 9.17) is 5.73 Å². The lowest BCUT2D eigenvalue weighted by molar-refractivity contribution is 0.582. The second-order valence-electron chi connectivity index (χ2n) is 4.78. The lowest BCUT2D eigenvalue weighted by Crippen LogP contribution is -2.27. The minimum Gasteiger partial charge on any atom is -0.370 e. The molecule has 0 atom stereocenters. The summed E-state index contributed by atoms with van der Waals surface area (Å²) in [5.41, 5.74) is 6.72. The van der Waals surface area contributed by atoms with Crippen LogP contribution in [-0.2, 0) is 0 Å². The van der Waals surface area contributed by atoms with Crippen molar-refractivity contribution in [3.8, 4) is 0 Å². The molecule has 0 aliphatic heterocycles. The van der Waals surface area contributed by atoms with Crippen LogP contribution in [0.25, 0.3) is 0 Å². The minimum absolute atomic E-state index is 0.219. The summed E-state index contributed by atoms with van der Waals surface area (Å²) in [7, 11) is 0. The second kappa shape index (κ2) is 4.51. The molecular weight excluding hydrogens is 205 g/mol. The van der Waals surface area contributed by atoms with E-state index in [1.54, 1.807) is 12.1 Å². The summed E-state index contributed by atoms with van der Waals surface area (Å²) in [6.07, 6.45) is 0. The Morgan fingerprint density at radius 2 is 2.00 bits per heavy atom. The number of aryl methyl sites for hydroxylation is 1. The monoisotopic (exact) mass is 223 g/mol. The van der Waals surface area contributed by atoms with Gasteiger partial charge in [0.05, 0.1) is 11.2 Å². The van der Waals surface area contributed by atoms with Gasteiger partial charge in [-0.15, -0.1) is 0 Å². The number of anilines is 1. The van der Waals surface area contributed by atoms with Gasteiger partial charge in [0.1, 0.15) is 5.82 Å². The molecule has 0 aliphatic carbocycles. The summed E-state index contributed by atoms with van der Waals surface area (Å²) in [5.74, 6) is -0.116. The summed E-state index contributed by atoms with van der Waals surface area (Å²) in [6, 6.07) is 4.81. The molecule has 16 heavy (non-hydrogen) atoms. The topological polar surface area (TPSA) is 50.4 Å². The number of rotatable bonds is 1. The fourth-order valence-electron chi connectivity index (χ4n) is 1.26. The van der Waals surface area contributed by atoms with E-state index in [1.807, 2.05) is 27.7 Å². The van der Waals surface area contributed by atoms with Crippen LogP contribution in [0.1, 0.15) is 26.3 Å². The van der Waals surface area contributed by atoms with Gasteiger partial charge in [-0.25, -0.2) is 9.38 Å². The molecule has 0 bridgehead atoms. The molecule has 0 saturated heterocycles. The highest BCUT2D eigenvalue weighted by molar-refractivity contribution is 5.92. The quantitative estimate of drug-likeness (QED) is 0.568. The Balaban J connectivity index is 2.89. The fraction of sp³-hybridized carbons (Fsp3) is 0.417. The molecule has 0 aromatic heterocycles. The van der Waals surface area contributed by atoms with Crippen molar-refractivity contribution in [1.29, 1.82) is 0 Å². The highest BCUT2D eigenvalue weighted by Gasteiger charge is 2.09. The lowest BCUT2D eigenvalue weighted by atomic mass is 10.1. The predicted molar refractivity (Wildman–Crippen MR) is 66.1 cm³/mol. The molecule has 0 spiro atoms. The molecule has 1 aromatic carbocycles. The number of aliphatic imine (C=N–C) groups is 1. The SMILES string of the molecule is Cc1ccc(F)c(NC(N)=NC(C)(C)C)c1. The summed E-state index contributed by atoms with van der Waals surface area (Å²) in [6.45, 7) is 7.66. The molecule has 0 fully saturated rings. The van der Waals surface area contributed by atoms with E-state index in [0.717, 1.165) is 5.56 Å². The van der Waals surface area contributed by atoms with Crippen molar-refractivity contribution in [2.75, 3.05) is 5.32 Å². The zero-order valence-electron chi connectivity index (χ0n) is 10.1. The molecule has 1 aromatic rings. The van der Waals surface area contributed by atoms with Crippen LogP contribution in [0.3, 0.4) is 0 Å². The Morgan fingerprint density at radius 3 is 2.56 bits per heavy atom. The van der Waals surface area contributed by atoms with Crippen molar-refractivity contribution in [3.05, 3.63) is 29.6 Å². The molecule has 88 valence electrons. The highest BCUT2D eigenvalue weighted by Crippen LogP contribution is 2.15. The third kappa shape index (κ3) is 3.88. The second-order valence-corrected chi connectivity index (χ2v) is 4.78. The number of hydrogen-bond donors (Lipinski definition) is 2. The molecule has 3 nitrogen and oxygen atoms in total. The molecule has 0 amide bonds. The maximum absolute atomic E-state index is 13.4. The maximum Gasteiger partial charge on any atom is 0.193 e. The Morgan fingerprint density at radius 1 is 1.38 bits per heavy atom. The molecule has 0 aliphatic rings. The number of hydrogen-bond acceptors (Lipinski definition) is 1. The number of nitrogens with one attached hydrogen (secondary N) is 1. The van der Waals surface area contributed by atoms with Gasteiger partial charge in [0.2, 0.25) is 0 Å². The Labute approximate surface area is 95.6 Å². The van der Waals surface area contributed by atoms with Gasteiger partial charge in [0.25, 0.3) is 0 Å². The van der Waals surface area contributed by atoms with Gasteiger partial charge >= 0.3 is 0 Å². The van der Waals surface area contributed by atoms with E-state index < -0.39 is 0 Å². The number of nitrogens with two attached hydrogens (primary N) is 1. The first-order valence-electron chi connectivity index (χ1n) is 5.16. The van der Waals surface area contributed by atoms with Crippen molar-refractivity contribution in [2.45, 2.75) is 33.2 Å². The van der Waals surface area contributed by atoms with Crippen LogP contribution in [0.2, 0.25) is 0 Å². The van der Waals surface area contributed by atoms with Gasteiger partial charge in [0, 0.05) is 0 Å². The van der Waals surface area contributed by atoms with Gasteiger partial charge in [-0.1, -0.05) is 6.07 Å². The lowest BCUT2D eigenvalue weighted by Gasteiger charge is -2.15. The van der Waals surface area contributed by atoms with Crippen molar-refractivity contribution in [1.82, 2.24) is 0 Å². The summed E-state index contributed by atoms with van der Waals surface area (Å²) in [5, 5.41) is 2.76. The van der Waals surface area contributed by atoms with Gasteiger partial charge in [-0.05, 0) is 45.4 Å². The standard InChI is InChI=1S/C12H18FN3/c1-8-5-6-9(13)10(7-8)15-11(14)16-12(2,3)4/h5-7H,1-4H3,(H3,14,15,16). The van der Waals surface area contributed by atoms with Crippen LogP contribution < -0.4 is 11.1 Å². The molecule has 0 unspecified atom stereocenters. The van der Waals surface area contributed by atoms with Gasteiger partial charge < -0.3 is 11.1 Å². The average molecular weight is 223 g/mol. The van der Waals surface area contributed by atoms with Crippen LogP contribution >= 0.6 is 0 Å². The average Bonchev–Trinajstić information content (AvgIpc) is 2.08. The van der Waals surface area contributed by atoms with Crippen LogP contribution in [0.4, 0.5) is 10.1 Å². The molecule has 0 saturated carbocycles. The van der Waals surface area contributed by atoms with Crippen molar-refractivity contribution >= 4 is 11.6 Å². The van der Waals surface area contributed by atoms with E-state index in [0.29, 0.717) is 5.69 Å². The zero-order valence-corrected chi connectivity index (χ0v) is 10.1. The summed E-state index contributed by atoms with van der Waals surface area (Å²) >= 11 is 0. The number of benzene rings is 1. The molecular formula is C12H18FN3. The predicted octanol–water partition coefficient (Wildman–Crippen LogP) is 2.66.